The van der Waals surface area contributed by atoms with Crippen LogP contribution in [-0.2, 0) is 6.54 Å². The van der Waals surface area contributed by atoms with Crippen LogP contribution in [0.25, 0.3) is 0 Å². The first kappa shape index (κ1) is 24.1. The van der Waals surface area contributed by atoms with Crippen molar-refractivity contribution in [2.45, 2.75) is 19.4 Å². The van der Waals surface area contributed by atoms with Crippen LogP contribution in [0.3, 0.4) is 0 Å². The highest BCUT2D eigenvalue weighted by molar-refractivity contribution is 5.94. The summed E-state index contributed by atoms with van der Waals surface area (Å²) in [5.74, 6) is -0.997. The summed E-state index contributed by atoms with van der Waals surface area (Å²) in [5, 5.41) is 0. The number of para-hydroxylation sites is 1. The largest absolute Gasteiger partial charge is 0.496 e. The minimum absolute atomic E-state index is 0.185. The van der Waals surface area contributed by atoms with Gasteiger partial charge in [-0.05, 0) is 63.7 Å². The Morgan fingerprint density at radius 3 is 2.62 bits per heavy atom. The van der Waals surface area contributed by atoms with Gasteiger partial charge in [-0.2, -0.15) is 0 Å². The fourth-order valence-electron chi connectivity index (χ4n) is 4.24. The molecule has 3 rings (SSSR count). The predicted octanol–water partition coefficient (Wildman–Crippen LogP) is 3.89. The molecule has 1 fully saturated rings. The van der Waals surface area contributed by atoms with E-state index in [0.717, 1.165) is 55.9 Å². The number of nitrogens with zero attached hydrogens (tertiary/aromatic N) is 3. The number of likely N-dealkylation sites (N-methyl/N-ethyl adjacent to an activating group) is 1. The lowest BCUT2D eigenvalue weighted by atomic mass is 9.96. The van der Waals surface area contributed by atoms with Gasteiger partial charge in [-0.15, -0.1) is 0 Å². The lowest BCUT2D eigenvalue weighted by Gasteiger charge is -2.36. The maximum Gasteiger partial charge on any atom is 0.254 e. The van der Waals surface area contributed by atoms with E-state index in [1.165, 1.54) is 6.07 Å². The van der Waals surface area contributed by atoms with E-state index in [9.17, 15) is 13.6 Å². The van der Waals surface area contributed by atoms with E-state index in [0.29, 0.717) is 25.6 Å². The molecule has 0 unspecified atom stereocenters. The van der Waals surface area contributed by atoms with Crippen molar-refractivity contribution in [3.63, 3.8) is 0 Å². The number of halogens is 2. The average molecular weight is 446 g/mol. The third kappa shape index (κ3) is 6.50. The van der Waals surface area contributed by atoms with Gasteiger partial charge in [0.15, 0.2) is 11.6 Å². The van der Waals surface area contributed by atoms with Gasteiger partial charge in [0.2, 0.25) is 0 Å². The number of hydrogen-bond acceptors (Lipinski definition) is 4. The molecule has 1 amide bonds. The van der Waals surface area contributed by atoms with Crippen LogP contribution in [0.2, 0.25) is 0 Å². The van der Waals surface area contributed by atoms with Gasteiger partial charge in [0.05, 0.1) is 7.11 Å². The Bertz CT molecular complexity index is 907. The molecule has 2 aromatic rings. The molecule has 0 N–H and O–H groups in total. The van der Waals surface area contributed by atoms with Crippen LogP contribution in [0.4, 0.5) is 8.78 Å². The summed E-state index contributed by atoms with van der Waals surface area (Å²) in [7, 11) is 5.59. The van der Waals surface area contributed by atoms with Gasteiger partial charge in [0, 0.05) is 43.9 Å². The molecule has 0 saturated carbocycles. The van der Waals surface area contributed by atoms with Gasteiger partial charge in [-0.1, -0.05) is 18.2 Å². The molecule has 5 nitrogen and oxygen atoms in total. The molecule has 1 heterocycles. The Morgan fingerprint density at radius 1 is 1.12 bits per heavy atom. The van der Waals surface area contributed by atoms with E-state index in [4.69, 9.17) is 4.74 Å². The monoisotopic (exact) mass is 445 g/mol. The molecule has 0 radical (unpaired) electrons. The second kappa shape index (κ2) is 11.4. The summed E-state index contributed by atoms with van der Waals surface area (Å²) in [5.41, 5.74) is 1.34. The molecule has 1 atom stereocenters. The molecule has 0 aromatic heterocycles. The van der Waals surface area contributed by atoms with Gasteiger partial charge in [0.1, 0.15) is 5.75 Å². The van der Waals surface area contributed by atoms with Crippen LogP contribution in [-0.4, -0.2) is 74.5 Å². The summed E-state index contributed by atoms with van der Waals surface area (Å²) < 4.78 is 32.6. The van der Waals surface area contributed by atoms with E-state index in [1.54, 1.807) is 12.0 Å². The molecule has 1 aliphatic heterocycles. The first-order chi connectivity index (χ1) is 15.4. The zero-order chi connectivity index (χ0) is 23.1. The molecule has 2 aromatic carbocycles. The SMILES string of the molecule is COc1ccccc1CN1CCC[C@H](CN(CCN(C)C)C(=O)c2ccc(F)c(F)c2)C1. The van der Waals surface area contributed by atoms with E-state index in [-0.39, 0.29) is 11.5 Å². The van der Waals surface area contributed by atoms with E-state index in [2.05, 4.69) is 11.0 Å². The molecule has 0 bridgehead atoms. The Labute approximate surface area is 189 Å². The fourth-order valence-corrected chi connectivity index (χ4v) is 4.24. The Kier molecular flexibility index (Phi) is 8.59. The second-order valence-electron chi connectivity index (χ2n) is 8.74. The van der Waals surface area contributed by atoms with Crippen LogP contribution < -0.4 is 4.74 Å². The number of hydrogen-bond donors (Lipinski definition) is 0. The zero-order valence-corrected chi connectivity index (χ0v) is 19.2. The van der Waals surface area contributed by atoms with Crippen LogP contribution >= 0.6 is 0 Å². The molecule has 32 heavy (non-hydrogen) atoms. The van der Waals surface area contributed by atoms with Gasteiger partial charge in [0.25, 0.3) is 5.91 Å². The van der Waals surface area contributed by atoms with Gasteiger partial charge >= 0.3 is 0 Å². The van der Waals surface area contributed by atoms with Crippen molar-refractivity contribution in [1.29, 1.82) is 0 Å². The van der Waals surface area contributed by atoms with Crippen molar-refractivity contribution >= 4 is 5.91 Å². The number of likely N-dealkylation sites (tertiary alicyclic amines) is 1. The smallest absolute Gasteiger partial charge is 0.254 e. The quantitative estimate of drug-likeness (QED) is 0.587. The third-order valence-electron chi connectivity index (χ3n) is 5.94. The predicted molar refractivity (Wildman–Crippen MR) is 122 cm³/mol. The first-order valence-electron chi connectivity index (χ1n) is 11.1. The third-order valence-corrected chi connectivity index (χ3v) is 5.94. The lowest BCUT2D eigenvalue weighted by molar-refractivity contribution is 0.0659. The molecule has 1 aliphatic rings. The lowest BCUT2D eigenvalue weighted by Crippen LogP contribution is -2.44. The molecule has 1 saturated heterocycles. The van der Waals surface area contributed by atoms with Gasteiger partial charge < -0.3 is 14.5 Å². The minimum atomic E-state index is -0.996. The number of piperidine rings is 1. The highest BCUT2D eigenvalue weighted by Gasteiger charge is 2.26. The summed E-state index contributed by atoms with van der Waals surface area (Å²) in [6, 6.07) is 11.4. The van der Waals surface area contributed by atoms with Gasteiger partial charge in [-0.3, -0.25) is 9.69 Å². The van der Waals surface area contributed by atoms with Crippen molar-refractivity contribution in [3.8, 4) is 5.75 Å². The maximum atomic E-state index is 13.7. The highest BCUT2D eigenvalue weighted by atomic mass is 19.2. The zero-order valence-electron chi connectivity index (χ0n) is 19.2. The first-order valence-corrected chi connectivity index (χ1v) is 11.1. The van der Waals surface area contributed by atoms with E-state index in [1.807, 2.05) is 37.2 Å². The van der Waals surface area contributed by atoms with Crippen molar-refractivity contribution in [2.75, 3.05) is 53.9 Å². The van der Waals surface area contributed by atoms with Crippen molar-refractivity contribution in [3.05, 3.63) is 65.2 Å². The van der Waals surface area contributed by atoms with E-state index < -0.39 is 11.6 Å². The number of ether oxygens (including phenoxy) is 1. The second-order valence-corrected chi connectivity index (χ2v) is 8.74. The fraction of sp³-hybridized carbons (Fsp3) is 0.480. The van der Waals surface area contributed by atoms with E-state index >= 15 is 0 Å². The Hall–Kier alpha value is -2.51. The van der Waals surface area contributed by atoms with Crippen molar-refractivity contribution in [2.24, 2.45) is 5.92 Å². The normalized spacial score (nSPS) is 16.9. The molecular weight excluding hydrogens is 412 g/mol. The molecule has 174 valence electrons. The average Bonchev–Trinajstić information content (AvgIpc) is 2.78. The summed E-state index contributed by atoms with van der Waals surface area (Å²) >= 11 is 0. The number of carbonyl (C=O) groups excluding carboxylic acids is 1. The van der Waals surface area contributed by atoms with Crippen LogP contribution in [0.15, 0.2) is 42.5 Å². The molecule has 0 aliphatic carbocycles. The molecule has 0 spiro atoms. The summed E-state index contributed by atoms with van der Waals surface area (Å²) in [6.07, 6.45) is 2.09. The van der Waals surface area contributed by atoms with Crippen LogP contribution in [0.5, 0.6) is 5.75 Å². The number of carbonyl (C=O) groups is 1. The topological polar surface area (TPSA) is 36.0 Å². The summed E-state index contributed by atoms with van der Waals surface area (Å²) in [4.78, 5) is 19.3. The number of rotatable bonds is 9. The molecular formula is C25H33F2N3O2. The number of benzene rings is 2. The van der Waals surface area contributed by atoms with Crippen molar-refractivity contribution < 1.29 is 18.3 Å². The minimum Gasteiger partial charge on any atom is -0.496 e. The Balaban J connectivity index is 1.69. The van der Waals surface area contributed by atoms with Crippen molar-refractivity contribution in [1.82, 2.24) is 14.7 Å². The van der Waals surface area contributed by atoms with Crippen LogP contribution in [0, 0.1) is 17.6 Å². The number of methoxy groups -OCH3 is 1. The standard InChI is InChI=1S/C25H33F2N3O2/c1-28(2)13-14-30(25(31)20-10-11-22(26)23(27)15-20)17-19-7-6-12-29(16-19)18-21-8-4-5-9-24(21)32-3/h4-5,8-11,15,19H,6-7,12-14,16-18H2,1-3H3/t19-/m0/s1. The van der Waals surface area contributed by atoms with Gasteiger partial charge in [-0.25, -0.2) is 8.78 Å². The Morgan fingerprint density at radius 2 is 1.91 bits per heavy atom. The molecule has 7 heteroatoms. The van der Waals surface area contributed by atoms with Crippen LogP contribution in [0.1, 0.15) is 28.8 Å². The number of amides is 1. The maximum absolute atomic E-state index is 13.7. The highest BCUT2D eigenvalue weighted by Crippen LogP contribution is 2.24. The summed E-state index contributed by atoms with van der Waals surface area (Å²) in [6.45, 7) is 4.51.